The van der Waals surface area contributed by atoms with Crippen LogP contribution >= 0.6 is 0 Å². The van der Waals surface area contributed by atoms with E-state index in [1.807, 2.05) is 4.90 Å². The van der Waals surface area contributed by atoms with Crippen molar-refractivity contribution in [1.29, 1.82) is 0 Å². The maximum absolute atomic E-state index is 12.3. The molecule has 0 spiro atoms. The first-order valence-electron chi connectivity index (χ1n) is 7.12. The van der Waals surface area contributed by atoms with E-state index in [-0.39, 0.29) is 5.92 Å². The third-order valence-electron chi connectivity index (χ3n) is 4.19. The minimum Gasteiger partial charge on any atom is -0.338 e. The molecule has 0 atom stereocenters. The van der Waals surface area contributed by atoms with E-state index < -0.39 is 0 Å². The highest BCUT2D eigenvalue weighted by atomic mass is 16.2. The van der Waals surface area contributed by atoms with Crippen LogP contribution in [0.4, 0.5) is 0 Å². The molecule has 0 N–H and O–H groups in total. The van der Waals surface area contributed by atoms with Crippen molar-refractivity contribution in [3.05, 3.63) is 29.1 Å². The van der Waals surface area contributed by atoms with Crippen molar-refractivity contribution in [3.8, 4) is 0 Å². The number of fused-ring (bicyclic) bond motifs is 1. The van der Waals surface area contributed by atoms with E-state index in [1.165, 1.54) is 11.3 Å². The fraction of sp³-hybridized carbons (Fsp3) is 0.600. The molecule has 0 bridgehead atoms. The second-order valence-corrected chi connectivity index (χ2v) is 5.69. The molecule has 19 heavy (non-hydrogen) atoms. The number of amides is 1. The molecular formula is C15H21N3O. The normalized spacial score (nSPS) is 20.0. The number of hydrogen-bond donors (Lipinski definition) is 0. The van der Waals surface area contributed by atoms with Crippen LogP contribution in [-0.2, 0) is 24.2 Å². The molecule has 0 aromatic carbocycles. The SMILES string of the molecule is CCc1ccc2c(n1)CCN(C(=O)C1CN(C)C1)C2. The zero-order chi connectivity index (χ0) is 13.4. The summed E-state index contributed by atoms with van der Waals surface area (Å²) in [5, 5.41) is 0. The van der Waals surface area contributed by atoms with Crippen LogP contribution in [0.3, 0.4) is 0 Å². The van der Waals surface area contributed by atoms with E-state index in [1.54, 1.807) is 0 Å². The number of likely N-dealkylation sites (tertiary alicyclic amines) is 1. The Labute approximate surface area is 114 Å². The second kappa shape index (κ2) is 4.93. The van der Waals surface area contributed by atoms with E-state index in [4.69, 9.17) is 0 Å². The molecule has 1 aromatic rings. The Morgan fingerprint density at radius 1 is 1.42 bits per heavy atom. The monoisotopic (exact) mass is 259 g/mol. The molecule has 0 aliphatic carbocycles. The lowest BCUT2D eigenvalue weighted by Gasteiger charge is -2.39. The summed E-state index contributed by atoms with van der Waals surface area (Å²) >= 11 is 0. The molecule has 2 aliphatic rings. The van der Waals surface area contributed by atoms with Crippen molar-refractivity contribution < 1.29 is 4.79 Å². The Morgan fingerprint density at radius 2 is 2.21 bits per heavy atom. The summed E-state index contributed by atoms with van der Waals surface area (Å²) in [6, 6.07) is 4.23. The molecule has 102 valence electrons. The highest BCUT2D eigenvalue weighted by Gasteiger charge is 2.34. The van der Waals surface area contributed by atoms with Crippen LogP contribution in [0.25, 0.3) is 0 Å². The van der Waals surface area contributed by atoms with Gasteiger partial charge in [0.1, 0.15) is 0 Å². The van der Waals surface area contributed by atoms with E-state index in [0.29, 0.717) is 5.91 Å². The van der Waals surface area contributed by atoms with Gasteiger partial charge in [-0.25, -0.2) is 0 Å². The Kier molecular flexibility index (Phi) is 3.27. The van der Waals surface area contributed by atoms with Gasteiger partial charge in [-0.2, -0.15) is 0 Å². The molecular weight excluding hydrogens is 238 g/mol. The Hall–Kier alpha value is -1.42. The van der Waals surface area contributed by atoms with Crippen molar-refractivity contribution >= 4 is 5.91 Å². The van der Waals surface area contributed by atoms with Crippen LogP contribution in [0.2, 0.25) is 0 Å². The molecule has 0 saturated carbocycles. The molecule has 4 nitrogen and oxygen atoms in total. The van der Waals surface area contributed by atoms with Crippen molar-refractivity contribution in [1.82, 2.24) is 14.8 Å². The summed E-state index contributed by atoms with van der Waals surface area (Å²) in [5.41, 5.74) is 3.57. The summed E-state index contributed by atoms with van der Waals surface area (Å²) in [7, 11) is 2.06. The number of hydrogen-bond acceptors (Lipinski definition) is 3. The predicted molar refractivity (Wildman–Crippen MR) is 73.7 cm³/mol. The van der Waals surface area contributed by atoms with Gasteiger partial charge in [-0.05, 0) is 25.1 Å². The van der Waals surface area contributed by atoms with E-state index in [0.717, 1.165) is 44.7 Å². The smallest absolute Gasteiger partial charge is 0.228 e. The van der Waals surface area contributed by atoms with Gasteiger partial charge in [0.2, 0.25) is 5.91 Å². The third kappa shape index (κ3) is 2.37. The minimum atomic E-state index is 0.217. The topological polar surface area (TPSA) is 36.4 Å². The maximum atomic E-state index is 12.3. The van der Waals surface area contributed by atoms with Gasteiger partial charge in [-0.1, -0.05) is 13.0 Å². The van der Waals surface area contributed by atoms with Crippen LogP contribution in [0.15, 0.2) is 12.1 Å². The number of aryl methyl sites for hydroxylation is 1. The fourth-order valence-corrected chi connectivity index (χ4v) is 2.96. The Morgan fingerprint density at radius 3 is 2.89 bits per heavy atom. The molecule has 0 unspecified atom stereocenters. The highest BCUT2D eigenvalue weighted by molar-refractivity contribution is 5.80. The summed E-state index contributed by atoms with van der Waals surface area (Å²) in [5.74, 6) is 0.540. The van der Waals surface area contributed by atoms with Gasteiger partial charge < -0.3 is 9.80 Å². The van der Waals surface area contributed by atoms with Crippen molar-refractivity contribution in [3.63, 3.8) is 0 Å². The molecule has 1 amide bonds. The fourth-order valence-electron chi connectivity index (χ4n) is 2.96. The minimum absolute atomic E-state index is 0.217. The first-order valence-corrected chi connectivity index (χ1v) is 7.12. The zero-order valence-electron chi connectivity index (χ0n) is 11.7. The number of carbonyl (C=O) groups is 1. The Bertz CT molecular complexity index is 494. The Balaban J connectivity index is 1.70. The van der Waals surface area contributed by atoms with Crippen LogP contribution in [-0.4, -0.2) is 47.4 Å². The maximum Gasteiger partial charge on any atom is 0.228 e. The molecule has 2 aliphatic heterocycles. The van der Waals surface area contributed by atoms with Gasteiger partial charge in [0.25, 0.3) is 0 Å². The van der Waals surface area contributed by atoms with E-state index in [9.17, 15) is 4.79 Å². The summed E-state index contributed by atoms with van der Waals surface area (Å²) in [6.45, 7) is 5.52. The molecule has 1 fully saturated rings. The first kappa shape index (κ1) is 12.6. The average Bonchev–Trinajstić information content (AvgIpc) is 2.42. The van der Waals surface area contributed by atoms with E-state index >= 15 is 0 Å². The molecule has 4 heteroatoms. The quantitative estimate of drug-likeness (QED) is 0.798. The van der Waals surface area contributed by atoms with Gasteiger partial charge >= 0.3 is 0 Å². The van der Waals surface area contributed by atoms with Crippen molar-refractivity contribution in [2.45, 2.75) is 26.3 Å². The lowest BCUT2D eigenvalue weighted by molar-refractivity contribution is -0.141. The van der Waals surface area contributed by atoms with Gasteiger partial charge in [-0.3, -0.25) is 9.78 Å². The van der Waals surface area contributed by atoms with Gasteiger partial charge in [-0.15, -0.1) is 0 Å². The van der Waals surface area contributed by atoms with Crippen LogP contribution in [0.5, 0.6) is 0 Å². The van der Waals surface area contributed by atoms with Crippen LogP contribution in [0, 0.1) is 5.92 Å². The standard InChI is InChI=1S/C15H21N3O/c1-3-13-5-4-11-10-18(7-6-14(11)16-13)15(19)12-8-17(2)9-12/h4-5,12H,3,6-10H2,1-2H3. The number of pyridine rings is 1. The van der Waals surface area contributed by atoms with Gasteiger partial charge in [0.05, 0.1) is 5.92 Å². The van der Waals surface area contributed by atoms with Crippen LogP contribution < -0.4 is 0 Å². The van der Waals surface area contributed by atoms with Gasteiger partial charge in [0, 0.05) is 44.0 Å². The second-order valence-electron chi connectivity index (χ2n) is 5.69. The molecule has 3 heterocycles. The van der Waals surface area contributed by atoms with Gasteiger partial charge in [0.15, 0.2) is 0 Å². The summed E-state index contributed by atoms with van der Waals surface area (Å²) < 4.78 is 0. The summed E-state index contributed by atoms with van der Waals surface area (Å²) in [4.78, 5) is 21.2. The highest BCUT2D eigenvalue weighted by Crippen LogP contribution is 2.22. The molecule has 3 rings (SSSR count). The molecule has 1 saturated heterocycles. The largest absolute Gasteiger partial charge is 0.338 e. The molecule has 0 radical (unpaired) electrons. The van der Waals surface area contributed by atoms with Crippen LogP contribution in [0.1, 0.15) is 23.9 Å². The lowest BCUT2D eigenvalue weighted by Crippen LogP contribution is -2.53. The summed E-state index contributed by atoms with van der Waals surface area (Å²) in [6.07, 6.45) is 1.88. The predicted octanol–water partition coefficient (Wildman–Crippen LogP) is 1.09. The number of rotatable bonds is 2. The van der Waals surface area contributed by atoms with E-state index in [2.05, 4.69) is 36.0 Å². The first-order chi connectivity index (χ1) is 9.17. The third-order valence-corrected chi connectivity index (χ3v) is 4.19. The van der Waals surface area contributed by atoms with Crippen molar-refractivity contribution in [2.24, 2.45) is 5.92 Å². The number of nitrogens with zero attached hydrogens (tertiary/aromatic N) is 3. The average molecular weight is 259 g/mol. The zero-order valence-corrected chi connectivity index (χ0v) is 11.7. The number of carbonyl (C=O) groups excluding carboxylic acids is 1. The number of aromatic nitrogens is 1. The van der Waals surface area contributed by atoms with Crippen molar-refractivity contribution in [2.75, 3.05) is 26.7 Å². The molecule has 1 aromatic heterocycles. The lowest BCUT2D eigenvalue weighted by atomic mass is 9.97.